The van der Waals surface area contributed by atoms with E-state index in [4.69, 9.17) is 0 Å². The summed E-state index contributed by atoms with van der Waals surface area (Å²) >= 11 is 1.41. The van der Waals surface area contributed by atoms with Gasteiger partial charge >= 0.3 is 0 Å². The fourth-order valence-corrected chi connectivity index (χ4v) is 6.21. The first kappa shape index (κ1) is 20.5. The molecule has 3 aliphatic heterocycles. The first-order valence-electron chi connectivity index (χ1n) is 11.1. The lowest BCUT2D eigenvalue weighted by atomic mass is 9.81. The number of hydrogen-bond donors (Lipinski definition) is 1. The monoisotopic (exact) mass is 440 g/mol. The Bertz CT molecular complexity index is 1040. The van der Waals surface area contributed by atoms with Gasteiger partial charge in [0.1, 0.15) is 0 Å². The van der Waals surface area contributed by atoms with E-state index in [-0.39, 0.29) is 23.3 Å². The molecule has 2 amide bonds. The van der Waals surface area contributed by atoms with Crippen LogP contribution < -0.4 is 10.9 Å². The van der Waals surface area contributed by atoms with E-state index in [1.807, 2.05) is 27.0 Å². The van der Waals surface area contributed by atoms with E-state index in [1.165, 1.54) is 11.3 Å². The minimum Gasteiger partial charge on any atom is -0.343 e. The van der Waals surface area contributed by atoms with Gasteiger partial charge in [-0.15, -0.1) is 11.3 Å². The van der Waals surface area contributed by atoms with Crippen molar-refractivity contribution in [1.29, 1.82) is 0 Å². The Morgan fingerprint density at radius 1 is 1.10 bits per heavy atom. The second-order valence-corrected chi connectivity index (χ2v) is 9.95. The number of nitrogens with one attached hydrogen (secondary N) is 1. The van der Waals surface area contributed by atoms with Crippen LogP contribution in [0.25, 0.3) is 0 Å². The topological polar surface area (TPSA) is 74.7 Å². The summed E-state index contributed by atoms with van der Waals surface area (Å²) in [5.74, 6) is 0.708. The highest BCUT2D eigenvalue weighted by Crippen LogP contribution is 2.40. The summed E-state index contributed by atoms with van der Waals surface area (Å²) in [6.45, 7) is 5.89. The maximum absolute atomic E-state index is 12.7. The number of likely N-dealkylation sites (tertiary alicyclic amines) is 2. The number of fused-ring (bicyclic) bond motifs is 4. The summed E-state index contributed by atoms with van der Waals surface area (Å²) < 4.78 is 1.89. The lowest BCUT2D eigenvalue weighted by Crippen LogP contribution is -2.53. The fourth-order valence-electron chi connectivity index (χ4n) is 5.59. The molecule has 2 aromatic rings. The highest BCUT2D eigenvalue weighted by atomic mass is 32.1. The van der Waals surface area contributed by atoms with E-state index in [0.717, 1.165) is 56.8 Å². The van der Waals surface area contributed by atoms with Crippen molar-refractivity contribution in [2.75, 3.05) is 31.5 Å². The summed E-state index contributed by atoms with van der Waals surface area (Å²) in [6, 6.07) is 7.50. The lowest BCUT2D eigenvalue weighted by molar-refractivity contribution is -0.130. The van der Waals surface area contributed by atoms with Gasteiger partial charge in [-0.25, -0.2) is 0 Å². The Hall–Kier alpha value is -2.45. The number of rotatable bonds is 3. The molecule has 0 aromatic carbocycles. The van der Waals surface area contributed by atoms with E-state index in [0.29, 0.717) is 23.4 Å². The number of carbonyl (C=O) groups is 2. The average molecular weight is 441 g/mol. The third kappa shape index (κ3) is 3.94. The van der Waals surface area contributed by atoms with Crippen molar-refractivity contribution in [3.05, 3.63) is 50.6 Å². The number of pyridine rings is 1. The largest absolute Gasteiger partial charge is 0.343 e. The molecule has 31 heavy (non-hydrogen) atoms. The molecule has 3 aliphatic rings. The molecular formula is C23H28N4O3S. The maximum Gasteiger partial charge on any atom is 0.265 e. The third-order valence-electron chi connectivity index (χ3n) is 7.04. The molecule has 5 rings (SSSR count). The van der Waals surface area contributed by atoms with Crippen LogP contribution in [0.4, 0.5) is 5.69 Å². The van der Waals surface area contributed by atoms with Gasteiger partial charge in [-0.3, -0.25) is 19.3 Å². The van der Waals surface area contributed by atoms with Crippen molar-refractivity contribution in [3.8, 4) is 0 Å². The van der Waals surface area contributed by atoms with Gasteiger partial charge in [0.15, 0.2) is 0 Å². The smallest absolute Gasteiger partial charge is 0.265 e. The van der Waals surface area contributed by atoms with Crippen LogP contribution >= 0.6 is 11.3 Å². The second-order valence-electron chi connectivity index (χ2n) is 9.00. The van der Waals surface area contributed by atoms with Crippen LogP contribution in [0.5, 0.6) is 0 Å². The molecule has 0 saturated carbocycles. The first-order chi connectivity index (χ1) is 15.0. The van der Waals surface area contributed by atoms with Crippen LogP contribution in [-0.4, -0.2) is 58.4 Å². The zero-order valence-electron chi connectivity index (χ0n) is 17.8. The zero-order chi connectivity index (χ0) is 21.5. The Balaban J connectivity index is 1.38. The summed E-state index contributed by atoms with van der Waals surface area (Å²) in [5, 5.41) is 4.95. The van der Waals surface area contributed by atoms with Crippen LogP contribution in [0.15, 0.2) is 34.4 Å². The number of thiophene rings is 1. The average Bonchev–Trinajstić information content (AvgIpc) is 3.31. The fraction of sp³-hybridized carbons (Fsp3) is 0.522. The molecule has 7 nitrogen and oxygen atoms in total. The molecule has 2 fully saturated rings. The highest BCUT2D eigenvalue weighted by molar-refractivity contribution is 7.12. The lowest BCUT2D eigenvalue weighted by Gasteiger charge is -2.47. The normalized spacial score (nSPS) is 24.0. The SMILES string of the molecule is CC(=O)N1CCC(N2C[C@H]3C[C@H](C2)c2c(NC(=O)c4cccs4)ccc(=O)n2C3)CC1. The number of aromatic nitrogens is 1. The van der Waals surface area contributed by atoms with Gasteiger partial charge in [-0.1, -0.05) is 6.07 Å². The molecule has 0 unspecified atom stereocenters. The highest BCUT2D eigenvalue weighted by Gasteiger charge is 2.39. The summed E-state index contributed by atoms with van der Waals surface area (Å²) in [6.07, 6.45) is 3.05. The molecule has 164 valence electrons. The molecule has 0 aliphatic carbocycles. The molecule has 8 heteroatoms. The molecule has 2 atom stereocenters. The maximum atomic E-state index is 12.7. The quantitative estimate of drug-likeness (QED) is 0.796. The van der Waals surface area contributed by atoms with Crippen molar-refractivity contribution in [2.24, 2.45) is 5.92 Å². The van der Waals surface area contributed by atoms with Crippen LogP contribution in [0.2, 0.25) is 0 Å². The van der Waals surface area contributed by atoms with E-state index in [9.17, 15) is 14.4 Å². The van der Waals surface area contributed by atoms with Crippen molar-refractivity contribution in [2.45, 2.75) is 44.7 Å². The number of piperidine rings is 2. The second kappa shape index (κ2) is 8.24. The summed E-state index contributed by atoms with van der Waals surface area (Å²) in [5.41, 5.74) is 1.75. The molecule has 2 aromatic heterocycles. The number of hydrogen-bond acceptors (Lipinski definition) is 5. The van der Waals surface area contributed by atoms with Gasteiger partial charge in [-0.05, 0) is 42.7 Å². The number of nitrogens with zero attached hydrogens (tertiary/aromatic N) is 3. The Kier molecular flexibility index (Phi) is 5.44. The molecule has 5 heterocycles. The Labute approximate surface area is 185 Å². The number of carbonyl (C=O) groups excluding carboxylic acids is 2. The molecule has 0 radical (unpaired) electrons. The van der Waals surface area contributed by atoms with Gasteiger partial charge < -0.3 is 14.8 Å². The van der Waals surface area contributed by atoms with Gasteiger partial charge in [0, 0.05) is 63.4 Å². The van der Waals surface area contributed by atoms with Gasteiger partial charge in [0.2, 0.25) is 5.91 Å². The minimum absolute atomic E-state index is 0.0158. The first-order valence-corrected chi connectivity index (χ1v) is 12.0. The van der Waals surface area contributed by atoms with Crippen LogP contribution in [-0.2, 0) is 11.3 Å². The van der Waals surface area contributed by atoms with E-state index in [1.54, 1.807) is 19.1 Å². The van der Waals surface area contributed by atoms with Crippen LogP contribution in [0.1, 0.15) is 47.5 Å². The summed E-state index contributed by atoms with van der Waals surface area (Å²) in [4.78, 5) is 42.2. The molecular weight excluding hydrogens is 412 g/mol. The van der Waals surface area contributed by atoms with Gasteiger partial charge in [-0.2, -0.15) is 0 Å². The van der Waals surface area contributed by atoms with Crippen molar-refractivity contribution >= 4 is 28.8 Å². The predicted octanol–water partition coefficient (Wildman–Crippen LogP) is 2.59. The van der Waals surface area contributed by atoms with E-state index < -0.39 is 0 Å². The van der Waals surface area contributed by atoms with Crippen LogP contribution in [0.3, 0.4) is 0 Å². The van der Waals surface area contributed by atoms with Gasteiger partial charge in [0.05, 0.1) is 10.6 Å². The Morgan fingerprint density at radius 2 is 1.90 bits per heavy atom. The van der Waals surface area contributed by atoms with Crippen molar-refractivity contribution in [1.82, 2.24) is 14.4 Å². The van der Waals surface area contributed by atoms with Crippen molar-refractivity contribution in [3.63, 3.8) is 0 Å². The summed E-state index contributed by atoms with van der Waals surface area (Å²) in [7, 11) is 0. The number of anilines is 1. The van der Waals surface area contributed by atoms with E-state index in [2.05, 4.69) is 10.2 Å². The minimum atomic E-state index is -0.122. The Morgan fingerprint density at radius 3 is 2.61 bits per heavy atom. The van der Waals surface area contributed by atoms with Crippen LogP contribution in [0, 0.1) is 5.92 Å². The third-order valence-corrected chi connectivity index (χ3v) is 7.91. The predicted molar refractivity (Wildman–Crippen MR) is 121 cm³/mol. The zero-order valence-corrected chi connectivity index (χ0v) is 18.6. The molecule has 1 N–H and O–H groups in total. The molecule has 2 saturated heterocycles. The molecule has 0 spiro atoms. The standard InChI is InChI=1S/C23H28N4O3S/c1-15(28)25-8-6-18(7-9-25)26-12-16-11-17(14-26)22-19(4-5-21(29)27(22)13-16)24-23(30)20-3-2-10-31-20/h2-5,10,16-18H,6-9,11-14H2,1H3,(H,24,30)/t16-,17-/m1/s1. The number of amides is 2. The van der Waals surface area contributed by atoms with Crippen molar-refractivity contribution < 1.29 is 9.59 Å². The van der Waals surface area contributed by atoms with Gasteiger partial charge in [0.25, 0.3) is 11.5 Å². The van der Waals surface area contributed by atoms with E-state index >= 15 is 0 Å². The molecule has 2 bridgehead atoms.